The normalized spacial score (nSPS) is 14.7. The lowest BCUT2D eigenvalue weighted by Gasteiger charge is -2.26. The van der Waals surface area contributed by atoms with Crippen LogP contribution in [0.1, 0.15) is 80.4 Å². The lowest BCUT2D eigenvalue weighted by molar-refractivity contribution is 0.0718. The molecule has 1 aliphatic rings. The van der Waals surface area contributed by atoms with Crippen molar-refractivity contribution in [2.45, 2.75) is 58.8 Å². The van der Waals surface area contributed by atoms with Gasteiger partial charge in [-0.2, -0.15) is 0 Å². The molecule has 2 aromatic rings. The van der Waals surface area contributed by atoms with E-state index in [2.05, 4.69) is 61.2 Å². The number of nitrogens with zero attached hydrogens (tertiary/aromatic N) is 3. The van der Waals surface area contributed by atoms with Crippen LogP contribution in [0, 0.1) is 0 Å². The van der Waals surface area contributed by atoms with E-state index in [4.69, 9.17) is 0 Å². The average Bonchev–Trinajstić information content (AvgIpc) is 2.68. The Balaban J connectivity index is 1.82. The van der Waals surface area contributed by atoms with E-state index in [1.165, 1.54) is 17.5 Å². The standard InChI is InChI=1S/C22H30N4O/c1-15(2)17-9-8-10-18(16(3)4)21(17)25-20-14-23-19(13-24-20)22(27)26-11-6-5-7-12-26/h8-10,13-16H,5-7,11-12H2,1-4H3,(H,24,25). The molecule has 1 aromatic heterocycles. The zero-order valence-corrected chi connectivity index (χ0v) is 16.8. The molecule has 0 bridgehead atoms. The number of amides is 1. The van der Waals surface area contributed by atoms with Crippen LogP contribution in [0.2, 0.25) is 0 Å². The summed E-state index contributed by atoms with van der Waals surface area (Å²) >= 11 is 0. The number of hydrogen-bond donors (Lipinski definition) is 1. The second-order valence-corrected chi connectivity index (χ2v) is 7.89. The molecule has 0 aliphatic carbocycles. The molecule has 5 nitrogen and oxygen atoms in total. The summed E-state index contributed by atoms with van der Waals surface area (Å²) in [7, 11) is 0. The maximum atomic E-state index is 12.6. The highest BCUT2D eigenvalue weighted by molar-refractivity contribution is 5.92. The molecule has 27 heavy (non-hydrogen) atoms. The highest BCUT2D eigenvalue weighted by Gasteiger charge is 2.20. The van der Waals surface area contributed by atoms with Crippen LogP contribution in [-0.2, 0) is 0 Å². The van der Waals surface area contributed by atoms with Gasteiger partial charge in [0.2, 0.25) is 0 Å². The van der Waals surface area contributed by atoms with Gasteiger partial charge in [-0.1, -0.05) is 45.9 Å². The van der Waals surface area contributed by atoms with Gasteiger partial charge in [0, 0.05) is 18.8 Å². The molecule has 0 unspecified atom stereocenters. The van der Waals surface area contributed by atoms with Gasteiger partial charge in [-0.3, -0.25) is 4.79 Å². The van der Waals surface area contributed by atoms with Gasteiger partial charge in [-0.05, 0) is 42.2 Å². The van der Waals surface area contributed by atoms with Crippen molar-refractivity contribution in [3.63, 3.8) is 0 Å². The Morgan fingerprint density at radius 2 is 1.59 bits per heavy atom. The monoisotopic (exact) mass is 366 g/mol. The molecule has 1 aliphatic heterocycles. The molecule has 0 saturated carbocycles. The van der Waals surface area contributed by atoms with Crippen molar-refractivity contribution in [1.82, 2.24) is 14.9 Å². The van der Waals surface area contributed by atoms with Crippen molar-refractivity contribution < 1.29 is 4.79 Å². The lowest BCUT2D eigenvalue weighted by Crippen LogP contribution is -2.36. The smallest absolute Gasteiger partial charge is 0.274 e. The van der Waals surface area contributed by atoms with Gasteiger partial charge in [0.25, 0.3) is 5.91 Å². The van der Waals surface area contributed by atoms with Gasteiger partial charge >= 0.3 is 0 Å². The molecule has 1 N–H and O–H groups in total. The minimum atomic E-state index is -0.0146. The molecular weight excluding hydrogens is 336 g/mol. The molecule has 5 heteroatoms. The maximum absolute atomic E-state index is 12.6. The number of nitrogens with one attached hydrogen (secondary N) is 1. The van der Waals surface area contributed by atoms with Crippen molar-refractivity contribution in [2.75, 3.05) is 18.4 Å². The zero-order chi connectivity index (χ0) is 19.4. The summed E-state index contributed by atoms with van der Waals surface area (Å²) in [6.07, 6.45) is 6.60. The SMILES string of the molecule is CC(C)c1cccc(C(C)C)c1Nc1cnc(C(=O)N2CCCCC2)cn1. The number of hydrogen-bond acceptors (Lipinski definition) is 4. The molecule has 1 amide bonds. The van der Waals surface area contributed by atoms with Crippen LogP contribution < -0.4 is 5.32 Å². The molecule has 144 valence electrons. The van der Waals surface area contributed by atoms with Gasteiger partial charge < -0.3 is 10.2 Å². The molecule has 1 aromatic carbocycles. The maximum Gasteiger partial charge on any atom is 0.274 e. The average molecular weight is 367 g/mol. The first kappa shape index (κ1) is 19.3. The van der Waals surface area contributed by atoms with Crippen molar-refractivity contribution in [3.8, 4) is 0 Å². The summed E-state index contributed by atoms with van der Waals surface area (Å²) in [6.45, 7) is 10.4. The Hall–Kier alpha value is -2.43. The summed E-state index contributed by atoms with van der Waals surface area (Å²) in [6, 6.07) is 6.42. The fourth-order valence-electron chi connectivity index (χ4n) is 3.59. The highest BCUT2D eigenvalue weighted by Crippen LogP contribution is 2.34. The van der Waals surface area contributed by atoms with Gasteiger partial charge in [0.1, 0.15) is 11.5 Å². The lowest BCUT2D eigenvalue weighted by atomic mass is 9.92. The van der Waals surface area contributed by atoms with E-state index in [1.807, 2.05) is 4.90 Å². The second-order valence-electron chi connectivity index (χ2n) is 7.89. The minimum Gasteiger partial charge on any atom is -0.338 e. The van der Waals surface area contributed by atoms with E-state index >= 15 is 0 Å². The number of carbonyl (C=O) groups is 1. The molecular formula is C22H30N4O. The number of benzene rings is 1. The Morgan fingerprint density at radius 1 is 0.963 bits per heavy atom. The molecule has 1 saturated heterocycles. The second kappa shape index (κ2) is 8.51. The van der Waals surface area contributed by atoms with Crippen molar-refractivity contribution >= 4 is 17.4 Å². The first-order valence-corrected chi connectivity index (χ1v) is 9.98. The molecule has 0 radical (unpaired) electrons. The topological polar surface area (TPSA) is 58.1 Å². The van der Waals surface area contributed by atoms with E-state index in [1.54, 1.807) is 12.4 Å². The molecule has 2 heterocycles. The summed E-state index contributed by atoms with van der Waals surface area (Å²) < 4.78 is 0. The number of likely N-dealkylation sites (tertiary alicyclic amines) is 1. The van der Waals surface area contributed by atoms with Crippen LogP contribution in [0.15, 0.2) is 30.6 Å². The summed E-state index contributed by atoms with van der Waals surface area (Å²) in [5.41, 5.74) is 4.04. The summed E-state index contributed by atoms with van der Waals surface area (Å²) in [4.78, 5) is 23.3. The Bertz CT molecular complexity index is 751. The van der Waals surface area contributed by atoms with Crippen molar-refractivity contribution in [2.24, 2.45) is 0 Å². The van der Waals surface area contributed by atoms with Gasteiger partial charge in [-0.15, -0.1) is 0 Å². The third-order valence-corrected chi connectivity index (χ3v) is 5.14. The van der Waals surface area contributed by atoms with Gasteiger partial charge in [-0.25, -0.2) is 9.97 Å². The van der Waals surface area contributed by atoms with E-state index in [9.17, 15) is 4.79 Å². The minimum absolute atomic E-state index is 0.0146. The predicted molar refractivity (Wildman–Crippen MR) is 110 cm³/mol. The number of carbonyl (C=O) groups excluding carboxylic acids is 1. The van der Waals surface area contributed by atoms with Gasteiger partial charge in [0.15, 0.2) is 0 Å². The van der Waals surface area contributed by atoms with E-state index in [0.29, 0.717) is 23.3 Å². The molecule has 3 rings (SSSR count). The Morgan fingerprint density at radius 3 is 2.11 bits per heavy atom. The largest absolute Gasteiger partial charge is 0.338 e. The third kappa shape index (κ3) is 4.46. The number of anilines is 2. The fraction of sp³-hybridized carbons (Fsp3) is 0.500. The van der Waals surface area contributed by atoms with Crippen molar-refractivity contribution in [1.29, 1.82) is 0 Å². The van der Waals surface area contributed by atoms with Crippen LogP contribution in [0.25, 0.3) is 0 Å². The van der Waals surface area contributed by atoms with Crippen LogP contribution >= 0.6 is 0 Å². The van der Waals surface area contributed by atoms with E-state index < -0.39 is 0 Å². The fourth-order valence-corrected chi connectivity index (χ4v) is 3.59. The van der Waals surface area contributed by atoms with Crippen LogP contribution in [0.5, 0.6) is 0 Å². The molecule has 0 atom stereocenters. The van der Waals surface area contributed by atoms with Crippen LogP contribution in [0.3, 0.4) is 0 Å². The van der Waals surface area contributed by atoms with Crippen LogP contribution in [0.4, 0.5) is 11.5 Å². The van der Waals surface area contributed by atoms with Crippen molar-refractivity contribution in [3.05, 3.63) is 47.4 Å². The molecule has 1 fully saturated rings. The van der Waals surface area contributed by atoms with E-state index in [-0.39, 0.29) is 5.91 Å². The first-order valence-electron chi connectivity index (χ1n) is 9.98. The van der Waals surface area contributed by atoms with Crippen LogP contribution in [-0.4, -0.2) is 33.9 Å². The Labute approximate surface area is 162 Å². The Kier molecular flexibility index (Phi) is 6.09. The number of rotatable bonds is 5. The predicted octanol–water partition coefficient (Wildman–Crippen LogP) is 5.09. The highest BCUT2D eigenvalue weighted by atomic mass is 16.2. The summed E-state index contributed by atoms with van der Waals surface area (Å²) in [5, 5.41) is 3.45. The quantitative estimate of drug-likeness (QED) is 0.800. The molecule has 0 spiro atoms. The number of para-hydroxylation sites is 1. The number of aromatic nitrogens is 2. The third-order valence-electron chi connectivity index (χ3n) is 5.14. The zero-order valence-electron chi connectivity index (χ0n) is 16.8. The summed E-state index contributed by atoms with van der Waals surface area (Å²) in [5.74, 6) is 1.46. The van der Waals surface area contributed by atoms with E-state index in [0.717, 1.165) is 31.6 Å². The van der Waals surface area contributed by atoms with Gasteiger partial charge in [0.05, 0.1) is 12.4 Å². The first-order chi connectivity index (χ1) is 13.0. The number of piperidine rings is 1.